The van der Waals surface area contributed by atoms with Crippen molar-refractivity contribution in [3.63, 3.8) is 0 Å². The van der Waals surface area contributed by atoms with Crippen LogP contribution in [-0.2, 0) is 17.6 Å². The van der Waals surface area contributed by atoms with Crippen LogP contribution in [0.25, 0.3) is 0 Å². The SMILES string of the molecule is O=C(O)Cc1csc(Cc2cccnc2)n1. The molecule has 16 heavy (non-hydrogen) atoms. The molecular formula is C11H10N2O2S. The smallest absolute Gasteiger partial charge is 0.309 e. The first kappa shape index (κ1) is 10.8. The molecule has 0 aliphatic carbocycles. The number of carboxylic acids is 1. The Kier molecular flexibility index (Phi) is 3.26. The molecule has 5 heteroatoms. The predicted octanol–water partition coefficient (Wildman–Crippen LogP) is 1.76. The van der Waals surface area contributed by atoms with Crippen molar-refractivity contribution in [2.24, 2.45) is 0 Å². The van der Waals surface area contributed by atoms with Gasteiger partial charge in [-0.3, -0.25) is 9.78 Å². The summed E-state index contributed by atoms with van der Waals surface area (Å²) in [5, 5.41) is 11.3. The lowest BCUT2D eigenvalue weighted by Gasteiger charge is -1.95. The number of aliphatic carboxylic acids is 1. The van der Waals surface area contributed by atoms with Gasteiger partial charge in [-0.05, 0) is 11.6 Å². The molecule has 82 valence electrons. The van der Waals surface area contributed by atoms with Gasteiger partial charge in [0.1, 0.15) is 0 Å². The van der Waals surface area contributed by atoms with Crippen molar-refractivity contribution in [1.82, 2.24) is 9.97 Å². The Morgan fingerprint density at radius 3 is 3.06 bits per heavy atom. The summed E-state index contributed by atoms with van der Waals surface area (Å²) in [7, 11) is 0. The molecule has 0 spiro atoms. The van der Waals surface area contributed by atoms with Gasteiger partial charge in [-0.2, -0.15) is 0 Å². The molecular weight excluding hydrogens is 224 g/mol. The normalized spacial score (nSPS) is 10.2. The van der Waals surface area contributed by atoms with Crippen LogP contribution >= 0.6 is 11.3 Å². The van der Waals surface area contributed by atoms with Crippen molar-refractivity contribution < 1.29 is 9.90 Å². The maximum atomic E-state index is 10.5. The molecule has 0 saturated heterocycles. The highest BCUT2D eigenvalue weighted by atomic mass is 32.1. The molecule has 0 saturated carbocycles. The molecule has 0 aliphatic heterocycles. The Balaban J connectivity index is 2.06. The van der Waals surface area contributed by atoms with E-state index in [2.05, 4.69) is 9.97 Å². The van der Waals surface area contributed by atoms with Crippen molar-refractivity contribution in [3.05, 3.63) is 46.2 Å². The van der Waals surface area contributed by atoms with Crippen molar-refractivity contribution >= 4 is 17.3 Å². The fourth-order valence-corrected chi connectivity index (χ4v) is 2.17. The van der Waals surface area contributed by atoms with Crippen LogP contribution in [0.15, 0.2) is 29.9 Å². The van der Waals surface area contributed by atoms with Crippen LogP contribution in [0.1, 0.15) is 16.3 Å². The maximum Gasteiger partial charge on any atom is 0.309 e. The summed E-state index contributed by atoms with van der Waals surface area (Å²) in [6.07, 6.45) is 4.21. The zero-order valence-electron chi connectivity index (χ0n) is 8.46. The molecule has 0 fully saturated rings. The predicted molar refractivity (Wildman–Crippen MR) is 60.5 cm³/mol. The summed E-state index contributed by atoms with van der Waals surface area (Å²) >= 11 is 1.48. The van der Waals surface area contributed by atoms with Gasteiger partial charge in [0.25, 0.3) is 0 Å². The Morgan fingerprint density at radius 1 is 1.50 bits per heavy atom. The zero-order valence-corrected chi connectivity index (χ0v) is 9.28. The number of carbonyl (C=O) groups is 1. The van der Waals surface area contributed by atoms with Crippen LogP contribution in [0.3, 0.4) is 0 Å². The van der Waals surface area contributed by atoms with Gasteiger partial charge < -0.3 is 5.11 Å². The Hall–Kier alpha value is -1.75. The average Bonchev–Trinajstić information content (AvgIpc) is 2.66. The second kappa shape index (κ2) is 4.85. The topological polar surface area (TPSA) is 63.1 Å². The van der Waals surface area contributed by atoms with Gasteiger partial charge in [0.2, 0.25) is 0 Å². The summed E-state index contributed by atoms with van der Waals surface area (Å²) in [5.41, 5.74) is 1.70. The number of nitrogens with zero attached hydrogens (tertiary/aromatic N) is 2. The van der Waals surface area contributed by atoms with Gasteiger partial charge in [0.05, 0.1) is 17.1 Å². The molecule has 0 aliphatic rings. The fourth-order valence-electron chi connectivity index (χ4n) is 1.34. The molecule has 0 aromatic carbocycles. The molecule has 0 atom stereocenters. The van der Waals surface area contributed by atoms with E-state index in [1.165, 1.54) is 11.3 Å². The van der Waals surface area contributed by atoms with E-state index in [0.717, 1.165) is 10.6 Å². The molecule has 0 amide bonds. The van der Waals surface area contributed by atoms with Crippen LogP contribution < -0.4 is 0 Å². The van der Waals surface area contributed by atoms with Crippen molar-refractivity contribution in [2.45, 2.75) is 12.8 Å². The number of hydrogen-bond acceptors (Lipinski definition) is 4. The first-order valence-corrected chi connectivity index (χ1v) is 5.66. The second-order valence-electron chi connectivity index (χ2n) is 3.34. The number of thiazole rings is 1. The van der Waals surface area contributed by atoms with Crippen molar-refractivity contribution in [2.75, 3.05) is 0 Å². The first-order chi connectivity index (χ1) is 7.74. The quantitative estimate of drug-likeness (QED) is 0.875. The van der Waals surface area contributed by atoms with Crippen LogP contribution in [0.2, 0.25) is 0 Å². The van der Waals surface area contributed by atoms with Crippen LogP contribution in [0.5, 0.6) is 0 Å². The number of aromatic nitrogens is 2. The van der Waals surface area contributed by atoms with Gasteiger partial charge in [0.15, 0.2) is 0 Å². The number of carboxylic acid groups (broad SMARTS) is 1. The minimum absolute atomic E-state index is 0.0104. The number of pyridine rings is 1. The van der Waals surface area contributed by atoms with E-state index in [1.807, 2.05) is 12.1 Å². The second-order valence-corrected chi connectivity index (χ2v) is 4.28. The third-order valence-electron chi connectivity index (χ3n) is 2.01. The lowest BCUT2D eigenvalue weighted by molar-refractivity contribution is -0.136. The summed E-state index contributed by atoms with van der Waals surface area (Å²) in [6.45, 7) is 0. The highest BCUT2D eigenvalue weighted by molar-refractivity contribution is 7.09. The minimum Gasteiger partial charge on any atom is -0.481 e. The van der Waals surface area contributed by atoms with Crippen molar-refractivity contribution in [3.8, 4) is 0 Å². The van der Waals surface area contributed by atoms with E-state index in [4.69, 9.17) is 5.11 Å². The van der Waals surface area contributed by atoms with Crippen molar-refractivity contribution in [1.29, 1.82) is 0 Å². The molecule has 2 rings (SSSR count). The third-order valence-corrected chi connectivity index (χ3v) is 2.91. The standard InChI is InChI=1S/C11H10N2O2S/c14-11(15)5-9-7-16-10(13-9)4-8-2-1-3-12-6-8/h1-3,6-7H,4-5H2,(H,14,15). The third kappa shape index (κ3) is 2.87. The van der Waals surface area contributed by atoms with E-state index in [0.29, 0.717) is 12.1 Å². The lowest BCUT2D eigenvalue weighted by Crippen LogP contribution is -2.00. The number of rotatable bonds is 4. The average molecular weight is 234 g/mol. The van der Waals surface area contributed by atoms with E-state index in [-0.39, 0.29) is 6.42 Å². The molecule has 0 bridgehead atoms. The summed E-state index contributed by atoms with van der Waals surface area (Å²) in [4.78, 5) is 18.8. The van der Waals surface area contributed by atoms with E-state index >= 15 is 0 Å². The van der Waals surface area contributed by atoms with E-state index in [9.17, 15) is 4.79 Å². The monoisotopic (exact) mass is 234 g/mol. The van der Waals surface area contributed by atoms with E-state index < -0.39 is 5.97 Å². The Labute approximate surface area is 96.6 Å². The number of hydrogen-bond donors (Lipinski definition) is 1. The van der Waals surface area contributed by atoms with Gasteiger partial charge in [-0.1, -0.05) is 6.07 Å². The van der Waals surface area contributed by atoms with Gasteiger partial charge in [-0.25, -0.2) is 4.98 Å². The molecule has 4 nitrogen and oxygen atoms in total. The summed E-state index contributed by atoms with van der Waals surface area (Å²) < 4.78 is 0. The van der Waals surface area contributed by atoms with Gasteiger partial charge in [-0.15, -0.1) is 11.3 Å². The van der Waals surface area contributed by atoms with E-state index in [1.54, 1.807) is 17.8 Å². The summed E-state index contributed by atoms with van der Waals surface area (Å²) in [6, 6.07) is 3.85. The minimum atomic E-state index is -0.849. The zero-order chi connectivity index (χ0) is 11.4. The maximum absolute atomic E-state index is 10.5. The summed E-state index contributed by atoms with van der Waals surface area (Å²) in [5.74, 6) is -0.849. The molecule has 0 unspecified atom stereocenters. The molecule has 2 heterocycles. The largest absolute Gasteiger partial charge is 0.481 e. The molecule has 1 N–H and O–H groups in total. The molecule has 2 aromatic rings. The van der Waals surface area contributed by atoms with Gasteiger partial charge >= 0.3 is 5.97 Å². The van der Waals surface area contributed by atoms with Crippen LogP contribution in [-0.4, -0.2) is 21.0 Å². The Bertz CT molecular complexity index is 482. The highest BCUT2D eigenvalue weighted by Crippen LogP contribution is 2.14. The Morgan fingerprint density at radius 2 is 2.38 bits per heavy atom. The lowest BCUT2D eigenvalue weighted by atomic mass is 10.2. The first-order valence-electron chi connectivity index (χ1n) is 4.78. The van der Waals surface area contributed by atoms with Gasteiger partial charge in [0, 0.05) is 24.2 Å². The highest BCUT2D eigenvalue weighted by Gasteiger charge is 2.06. The molecule has 2 aromatic heterocycles. The fraction of sp³-hybridized carbons (Fsp3) is 0.182. The van der Waals surface area contributed by atoms with Crippen LogP contribution in [0, 0.1) is 0 Å². The molecule has 0 radical (unpaired) electrons. The van der Waals surface area contributed by atoms with Crippen LogP contribution in [0.4, 0.5) is 0 Å².